The quantitative estimate of drug-likeness (QED) is 0.0727. The number of rotatable bonds is 22. The monoisotopic (exact) mass is 841 g/mol. The number of benzene rings is 2. The van der Waals surface area contributed by atoms with E-state index in [0.717, 1.165) is 43.8 Å². The summed E-state index contributed by atoms with van der Waals surface area (Å²) in [6.45, 7) is 38.2. The van der Waals surface area contributed by atoms with Gasteiger partial charge in [-0.1, -0.05) is 156 Å². The molecule has 0 amide bonds. The molecule has 5 nitrogen and oxygen atoms in total. The molecule has 0 fully saturated rings. The molecule has 0 bridgehead atoms. The number of aliphatic hydroxyl groups excluding tert-OH is 1. The highest BCUT2D eigenvalue weighted by molar-refractivity contribution is 6.99. The van der Waals surface area contributed by atoms with Crippen molar-refractivity contribution in [2.24, 2.45) is 0 Å². The van der Waals surface area contributed by atoms with Gasteiger partial charge in [-0.15, -0.1) is 0 Å². The second-order valence-corrected chi connectivity index (χ2v) is 38.7. The topological polar surface area (TPSA) is 57.2 Å². The second-order valence-electron chi connectivity index (χ2n) is 20.1. The summed E-state index contributed by atoms with van der Waals surface area (Å²) in [7, 11) is -8.47. The summed E-state index contributed by atoms with van der Waals surface area (Å²) < 4.78 is 28.2. The third-order valence-corrected chi connectivity index (χ3v) is 31.9. The zero-order valence-corrected chi connectivity index (χ0v) is 42.9. The summed E-state index contributed by atoms with van der Waals surface area (Å²) in [6.07, 6.45) is 4.09. The Labute approximate surface area is 350 Å². The SMILES string of the molecule is CC[Si](CC)(CC)OC(CCC(O)C#CCCO[Si](C)(C)C(C)(C)C)CCC(CCO[Si](c1ccccc1)(c1ccccc1)C(C)(C)C)O[Si](C)(C)C(C)(C)C. The molecule has 0 heterocycles. The van der Waals surface area contributed by atoms with Gasteiger partial charge in [-0.25, -0.2) is 0 Å². The molecule has 0 radical (unpaired) electrons. The first-order chi connectivity index (χ1) is 25.9. The standard InChI is InChI=1S/C47H84O5Si4/c1-17-55(18-2,19-3)52-41(34-33-40(48)28-26-27-38-49-53(13,14)45(4,5)6)35-36-42(51-54(15,16)46(7,8)9)37-39-50-56(47(10,11)12,43-29-22-20-23-30-43)44-31-24-21-25-32-44/h20-25,29-32,40-42,48H,17-19,27,33-39H2,1-16H3. The van der Waals surface area contributed by atoms with E-state index in [1.54, 1.807) is 0 Å². The fourth-order valence-corrected chi connectivity index (χ4v) is 17.1. The Balaban J connectivity index is 2.34. The molecule has 0 saturated heterocycles. The van der Waals surface area contributed by atoms with Crippen molar-refractivity contribution < 1.29 is 22.8 Å². The Morgan fingerprint density at radius 2 is 1.00 bits per heavy atom. The van der Waals surface area contributed by atoms with Gasteiger partial charge in [0.05, 0.1) is 0 Å². The van der Waals surface area contributed by atoms with Crippen LogP contribution in [-0.2, 0) is 17.7 Å². The van der Waals surface area contributed by atoms with E-state index in [1.807, 2.05) is 0 Å². The molecule has 0 spiro atoms. The van der Waals surface area contributed by atoms with Gasteiger partial charge in [0.2, 0.25) is 0 Å². The van der Waals surface area contributed by atoms with Crippen molar-refractivity contribution in [1.82, 2.24) is 0 Å². The molecular formula is C47H84O5Si4. The van der Waals surface area contributed by atoms with E-state index in [4.69, 9.17) is 17.7 Å². The van der Waals surface area contributed by atoms with Crippen LogP contribution in [0.25, 0.3) is 0 Å². The molecule has 0 saturated carbocycles. The van der Waals surface area contributed by atoms with E-state index in [0.29, 0.717) is 26.1 Å². The summed E-state index contributed by atoms with van der Waals surface area (Å²) >= 11 is 0. The zero-order valence-electron chi connectivity index (χ0n) is 38.9. The Kier molecular flexibility index (Phi) is 19.8. The highest BCUT2D eigenvalue weighted by Crippen LogP contribution is 2.40. The fraction of sp³-hybridized carbons (Fsp3) is 0.702. The van der Waals surface area contributed by atoms with Crippen molar-refractivity contribution in [2.75, 3.05) is 13.2 Å². The van der Waals surface area contributed by atoms with Gasteiger partial charge in [0.25, 0.3) is 8.32 Å². The summed E-state index contributed by atoms with van der Waals surface area (Å²) in [6, 6.07) is 25.2. The molecular weight excluding hydrogens is 757 g/mol. The van der Waals surface area contributed by atoms with E-state index in [1.165, 1.54) is 10.4 Å². The van der Waals surface area contributed by atoms with Gasteiger partial charge >= 0.3 is 0 Å². The zero-order chi connectivity index (χ0) is 42.5. The van der Waals surface area contributed by atoms with Crippen molar-refractivity contribution in [2.45, 2.75) is 199 Å². The van der Waals surface area contributed by atoms with Crippen LogP contribution in [0.4, 0.5) is 0 Å². The summed E-state index contributed by atoms with van der Waals surface area (Å²) in [5, 5.41) is 13.8. The van der Waals surface area contributed by atoms with Crippen LogP contribution in [0.1, 0.15) is 122 Å². The minimum absolute atomic E-state index is 0.0479. The first-order valence-electron chi connectivity index (χ1n) is 21.8. The minimum Gasteiger partial charge on any atom is -0.416 e. The second kappa shape index (κ2) is 21.8. The molecule has 2 aromatic carbocycles. The van der Waals surface area contributed by atoms with Crippen LogP contribution in [0.3, 0.4) is 0 Å². The van der Waals surface area contributed by atoms with Crippen LogP contribution < -0.4 is 10.4 Å². The maximum atomic E-state index is 11.0. The van der Waals surface area contributed by atoms with Gasteiger partial charge in [-0.05, 0) is 102 Å². The molecule has 56 heavy (non-hydrogen) atoms. The maximum absolute atomic E-state index is 11.0. The van der Waals surface area contributed by atoms with Gasteiger partial charge in [0, 0.05) is 31.8 Å². The van der Waals surface area contributed by atoms with E-state index >= 15 is 0 Å². The molecule has 3 atom stereocenters. The maximum Gasteiger partial charge on any atom is 0.261 e. The van der Waals surface area contributed by atoms with Crippen LogP contribution in [-0.4, -0.2) is 69.9 Å². The third kappa shape index (κ3) is 14.4. The molecule has 318 valence electrons. The van der Waals surface area contributed by atoms with E-state index in [9.17, 15) is 5.11 Å². The van der Waals surface area contributed by atoms with Crippen molar-refractivity contribution in [1.29, 1.82) is 0 Å². The van der Waals surface area contributed by atoms with Crippen molar-refractivity contribution in [3.63, 3.8) is 0 Å². The molecule has 0 aliphatic carbocycles. The van der Waals surface area contributed by atoms with Crippen LogP contribution in [0.15, 0.2) is 60.7 Å². The lowest BCUT2D eigenvalue weighted by atomic mass is 10.0. The minimum atomic E-state index is -2.67. The van der Waals surface area contributed by atoms with Gasteiger partial charge in [0.1, 0.15) is 6.10 Å². The Bertz CT molecular complexity index is 1410. The average Bonchev–Trinajstić information content (AvgIpc) is 3.12. The fourth-order valence-electron chi connectivity index (χ4n) is 7.13. The van der Waals surface area contributed by atoms with Crippen molar-refractivity contribution in [3.8, 4) is 11.8 Å². The number of hydrogen-bond donors (Lipinski definition) is 1. The molecule has 3 unspecified atom stereocenters. The number of aliphatic hydroxyl groups is 1. The molecule has 1 N–H and O–H groups in total. The highest BCUT2D eigenvalue weighted by atomic mass is 28.4. The Morgan fingerprint density at radius 1 is 0.554 bits per heavy atom. The summed E-state index contributed by atoms with van der Waals surface area (Å²) in [4.78, 5) is 0. The molecule has 0 aliphatic rings. The van der Waals surface area contributed by atoms with Gasteiger partial charge in [-0.2, -0.15) is 0 Å². The van der Waals surface area contributed by atoms with Gasteiger partial charge in [0.15, 0.2) is 25.0 Å². The lowest BCUT2D eigenvalue weighted by Crippen LogP contribution is -2.66. The molecule has 2 aromatic rings. The lowest BCUT2D eigenvalue weighted by Gasteiger charge is -2.44. The van der Waals surface area contributed by atoms with E-state index in [-0.39, 0.29) is 27.3 Å². The first-order valence-corrected chi connectivity index (χ1v) is 32.1. The van der Waals surface area contributed by atoms with Crippen LogP contribution >= 0.6 is 0 Å². The average molecular weight is 842 g/mol. The molecule has 2 rings (SSSR count). The smallest absolute Gasteiger partial charge is 0.261 e. The van der Waals surface area contributed by atoms with Crippen LogP contribution in [0.5, 0.6) is 0 Å². The Hall–Kier alpha value is -1.33. The van der Waals surface area contributed by atoms with Gasteiger partial charge < -0.3 is 22.8 Å². The molecule has 0 aromatic heterocycles. The summed E-state index contributed by atoms with van der Waals surface area (Å²) in [5.74, 6) is 6.34. The van der Waals surface area contributed by atoms with E-state index in [2.05, 4.69) is 182 Å². The first kappa shape index (κ1) is 50.8. The lowest BCUT2D eigenvalue weighted by molar-refractivity contribution is 0.0962. The van der Waals surface area contributed by atoms with Crippen LogP contribution in [0.2, 0.25) is 59.4 Å². The van der Waals surface area contributed by atoms with Gasteiger partial charge in [-0.3, -0.25) is 0 Å². The third-order valence-electron chi connectivity index (χ3n) is 13.1. The van der Waals surface area contributed by atoms with Crippen molar-refractivity contribution >= 4 is 43.6 Å². The molecule has 0 aliphatic heterocycles. The normalized spacial score (nSPS) is 15.2. The molecule has 9 heteroatoms. The van der Waals surface area contributed by atoms with Crippen molar-refractivity contribution in [3.05, 3.63) is 60.7 Å². The summed E-state index contributed by atoms with van der Waals surface area (Å²) in [5.41, 5.74) is 0. The van der Waals surface area contributed by atoms with Crippen LogP contribution in [0, 0.1) is 11.8 Å². The Morgan fingerprint density at radius 3 is 1.43 bits per heavy atom. The van der Waals surface area contributed by atoms with E-state index < -0.39 is 39.4 Å². The predicted molar refractivity (Wildman–Crippen MR) is 252 cm³/mol. The number of hydrogen-bond acceptors (Lipinski definition) is 5. The predicted octanol–water partition coefficient (Wildman–Crippen LogP) is 12.1. The highest BCUT2D eigenvalue weighted by Gasteiger charge is 2.50. The largest absolute Gasteiger partial charge is 0.416 e.